The van der Waals surface area contributed by atoms with E-state index in [2.05, 4.69) is 16.5 Å². The van der Waals surface area contributed by atoms with E-state index in [1.165, 1.54) is 11.5 Å². The smallest absolute Gasteiger partial charge is 0.314 e. The molecule has 0 radical (unpaired) electrons. The molecular formula is C17H23N5O3. The Morgan fingerprint density at radius 1 is 1.12 bits per heavy atom. The van der Waals surface area contributed by atoms with Crippen LogP contribution in [0.4, 0.5) is 0 Å². The largest absolute Gasteiger partial charge is 0.332 e. The fourth-order valence-corrected chi connectivity index (χ4v) is 3.26. The highest BCUT2D eigenvalue weighted by molar-refractivity contribution is 5.78. The highest BCUT2D eigenvalue weighted by Gasteiger charge is 2.22. The Morgan fingerprint density at radius 3 is 2.40 bits per heavy atom. The van der Waals surface area contributed by atoms with Crippen LogP contribution in [0.15, 0.2) is 9.59 Å². The number of nitrogens with zero attached hydrogens (tertiary/aromatic N) is 5. The number of Topliss-reactive ketones (excluding diaryl/α,β-unsaturated/α-hetero) is 1. The molecule has 3 aromatic rings. The lowest BCUT2D eigenvalue weighted by Gasteiger charge is -2.07. The molecule has 0 atom stereocenters. The molecule has 8 nitrogen and oxygen atoms in total. The van der Waals surface area contributed by atoms with Gasteiger partial charge in [-0.25, -0.2) is 4.79 Å². The van der Waals surface area contributed by atoms with Gasteiger partial charge in [-0.3, -0.25) is 23.1 Å². The molecule has 0 spiro atoms. The summed E-state index contributed by atoms with van der Waals surface area (Å²) in [5.74, 6) is 0.416. The third kappa shape index (κ3) is 2.43. The van der Waals surface area contributed by atoms with E-state index in [-0.39, 0.29) is 12.3 Å². The molecule has 0 aliphatic heterocycles. The second kappa shape index (κ2) is 6.02. The molecule has 3 heterocycles. The second-order valence-corrected chi connectivity index (χ2v) is 6.53. The summed E-state index contributed by atoms with van der Waals surface area (Å²) < 4.78 is 6.21. The van der Waals surface area contributed by atoms with Crippen LogP contribution in [0.2, 0.25) is 0 Å². The molecule has 0 saturated heterocycles. The van der Waals surface area contributed by atoms with Crippen LogP contribution in [0.3, 0.4) is 0 Å². The van der Waals surface area contributed by atoms with Gasteiger partial charge < -0.3 is 4.57 Å². The summed E-state index contributed by atoms with van der Waals surface area (Å²) in [6.45, 7) is 7.99. The van der Waals surface area contributed by atoms with Gasteiger partial charge in [0.05, 0.1) is 6.54 Å². The number of carbonyl (C=O) groups is 1. The van der Waals surface area contributed by atoms with Crippen LogP contribution in [-0.4, -0.2) is 28.9 Å². The highest BCUT2D eigenvalue weighted by atomic mass is 16.2. The van der Waals surface area contributed by atoms with E-state index in [4.69, 9.17) is 0 Å². The first-order valence-corrected chi connectivity index (χ1v) is 8.46. The summed E-state index contributed by atoms with van der Waals surface area (Å²) >= 11 is 0. The number of hydrogen-bond donors (Lipinski definition) is 0. The van der Waals surface area contributed by atoms with Gasteiger partial charge in [-0.2, -0.15) is 4.98 Å². The van der Waals surface area contributed by atoms with E-state index in [1.807, 2.05) is 13.8 Å². The molecule has 134 valence electrons. The Bertz CT molecular complexity index is 1110. The van der Waals surface area contributed by atoms with Crippen LogP contribution in [-0.2, 0) is 24.9 Å². The number of fused-ring (bicyclic) bond motifs is 3. The molecular weight excluding hydrogens is 322 g/mol. The van der Waals surface area contributed by atoms with Crippen molar-refractivity contribution in [3.05, 3.63) is 32.2 Å². The van der Waals surface area contributed by atoms with Gasteiger partial charge in [0, 0.05) is 25.0 Å². The zero-order valence-electron chi connectivity index (χ0n) is 15.3. The lowest BCUT2D eigenvalue weighted by molar-refractivity contribution is -0.117. The van der Waals surface area contributed by atoms with Crippen LogP contribution in [0.25, 0.3) is 16.9 Å². The molecule has 25 heavy (non-hydrogen) atoms. The fourth-order valence-electron chi connectivity index (χ4n) is 3.26. The Balaban J connectivity index is 2.46. The first-order valence-electron chi connectivity index (χ1n) is 8.46. The van der Waals surface area contributed by atoms with Gasteiger partial charge >= 0.3 is 5.69 Å². The van der Waals surface area contributed by atoms with Crippen molar-refractivity contribution in [3.63, 3.8) is 0 Å². The molecule has 0 fully saturated rings. The number of aromatic nitrogens is 5. The lowest BCUT2D eigenvalue weighted by Crippen LogP contribution is -2.40. The molecule has 0 aliphatic carbocycles. The van der Waals surface area contributed by atoms with Crippen molar-refractivity contribution in [1.82, 2.24) is 23.1 Å². The minimum absolute atomic E-state index is 0.233. The van der Waals surface area contributed by atoms with Crippen LogP contribution >= 0.6 is 0 Å². The van der Waals surface area contributed by atoms with E-state index < -0.39 is 11.2 Å². The number of rotatable bonds is 5. The van der Waals surface area contributed by atoms with Crippen molar-refractivity contribution in [3.8, 4) is 0 Å². The van der Waals surface area contributed by atoms with Crippen LogP contribution in [0, 0.1) is 13.8 Å². The molecule has 0 N–H and O–H groups in total. The van der Waals surface area contributed by atoms with E-state index >= 15 is 0 Å². The first kappa shape index (κ1) is 17.2. The van der Waals surface area contributed by atoms with Crippen molar-refractivity contribution < 1.29 is 4.79 Å². The Hall–Kier alpha value is -2.64. The quantitative estimate of drug-likeness (QED) is 0.694. The molecule has 0 bridgehead atoms. The molecule has 0 unspecified atom stereocenters. The summed E-state index contributed by atoms with van der Waals surface area (Å²) in [5, 5.41) is 0. The number of imidazole rings is 2. The van der Waals surface area contributed by atoms with Gasteiger partial charge in [0.2, 0.25) is 5.78 Å². The molecule has 0 aromatic carbocycles. The van der Waals surface area contributed by atoms with Gasteiger partial charge in [0.1, 0.15) is 5.78 Å². The summed E-state index contributed by atoms with van der Waals surface area (Å²) in [7, 11) is 1.58. The number of unbranched alkanes of at least 4 members (excludes halogenated alkanes) is 1. The molecule has 0 amide bonds. The normalized spacial score (nSPS) is 11.7. The molecule has 8 heteroatoms. The second-order valence-electron chi connectivity index (χ2n) is 6.53. The molecule has 0 saturated carbocycles. The predicted molar refractivity (Wildman–Crippen MR) is 95.3 cm³/mol. The minimum Gasteiger partial charge on any atom is -0.314 e. The third-order valence-electron chi connectivity index (χ3n) is 4.75. The summed E-state index contributed by atoms with van der Waals surface area (Å²) in [5.41, 5.74) is 1.65. The zero-order valence-corrected chi connectivity index (χ0v) is 15.3. The SMILES string of the molecule is CCCCn1c(C)c(C)n2c3c(=O)n(CC(C)=O)c(=O)n(C)c3nc12. The average molecular weight is 345 g/mol. The van der Waals surface area contributed by atoms with Gasteiger partial charge in [0.15, 0.2) is 11.2 Å². The Morgan fingerprint density at radius 2 is 1.80 bits per heavy atom. The fraction of sp³-hybridized carbons (Fsp3) is 0.529. The number of ketones is 1. The number of hydrogen-bond acceptors (Lipinski definition) is 4. The van der Waals surface area contributed by atoms with E-state index in [0.717, 1.165) is 35.3 Å². The van der Waals surface area contributed by atoms with Crippen LogP contribution in [0.5, 0.6) is 0 Å². The number of carbonyl (C=O) groups excluding carboxylic acids is 1. The molecule has 3 aromatic heterocycles. The van der Waals surface area contributed by atoms with E-state index in [1.54, 1.807) is 11.4 Å². The van der Waals surface area contributed by atoms with Crippen molar-refractivity contribution in [1.29, 1.82) is 0 Å². The maximum atomic E-state index is 12.9. The maximum Gasteiger partial charge on any atom is 0.332 e. The third-order valence-corrected chi connectivity index (χ3v) is 4.75. The first-order chi connectivity index (χ1) is 11.8. The topological polar surface area (TPSA) is 83.3 Å². The standard InChI is InChI=1S/C17H23N5O3/c1-6-7-8-20-11(3)12(4)22-13-14(18-16(20)22)19(5)17(25)21(15(13)24)9-10(2)23/h6-9H2,1-5H3. The molecule has 3 rings (SSSR count). The van der Waals surface area contributed by atoms with Gasteiger partial charge in [0.25, 0.3) is 5.56 Å². The maximum absolute atomic E-state index is 12.9. The van der Waals surface area contributed by atoms with E-state index in [9.17, 15) is 14.4 Å². The summed E-state index contributed by atoms with van der Waals surface area (Å²) in [4.78, 5) is 41.4. The summed E-state index contributed by atoms with van der Waals surface area (Å²) in [6.07, 6.45) is 2.05. The Labute approximate surface area is 144 Å². The number of aryl methyl sites for hydroxylation is 3. The van der Waals surface area contributed by atoms with Crippen molar-refractivity contribution in [2.24, 2.45) is 7.05 Å². The average Bonchev–Trinajstić information content (AvgIpc) is 3.05. The van der Waals surface area contributed by atoms with Crippen molar-refractivity contribution in [2.45, 2.75) is 53.6 Å². The predicted octanol–water partition coefficient (Wildman–Crippen LogP) is 1.16. The Kier molecular flexibility index (Phi) is 4.14. The summed E-state index contributed by atoms with van der Waals surface area (Å²) in [6, 6.07) is 0. The minimum atomic E-state index is -0.525. The van der Waals surface area contributed by atoms with E-state index in [0.29, 0.717) is 16.9 Å². The lowest BCUT2D eigenvalue weighted by atomic mass is 10.3. The molecule has 0 aliphatic rings. The van der Waals surface area contributed by atoms with Crippen molar-refractivity contribution in [2.75, 3.05) is 0 Å². The van der Waals surface area contributed by atoms with Crippen LogP contribution in [0.1, 0.15) is 38.1 Å². The van der Waals surface area contributed by atoms with Crippen molar-refractivity contribution >= 4 is 22.7 Å². The van der Waals surface area contributed by atoms with Gasteiger partial charge in [-0.1, -0.05) is 13.3 Å². The van der Waals surface area contributed by atoms with Gasteiger partial charge in [-0.05, 0) is 27.2 Å². The van der Waals surface area contributed by atoms with Crippen LogP contribution < -0.4 is 11.2 Å². The zero-order chi connectivity index (χ0) is 18.5. The monoisotopic (exact) mass is 345 g/mol. The highest BCUT2D eigenvalue weighted by Crippen LogP contribution is 2.21. The van der Waals surface area contributed by atoms with Gasteiger partial charge in [-0.15, -0.1) is 0 Å².